The van der Waals surface area contributed by atoms with Gasteiger partial charge in [-0.25, -0.2) is 4.99 Å². The van der Waals surface area contributed by atoms with Crippen LogP contribution in [0.5, 0.6) is 5.75 Å². The molecule has 22 heavy (non-hydrogen) atoms. The molecule has 0 bridgehead atoms. The van der Waals surface area contributed by atoms with Gasteiger partial charge in [-0.2, -0.15) is 4.98 Å². The maximum Gasteiger partial charge on any atom is 0.280 e. The Morgan fingerprint density at radius 2 is 2.00 bits per heavy atom. The molecule has 0 saturated heterocycles. The van der Waals surface area contributed by atoms with Gasteiger partial charge in [0.15, 0.2) is 11.5 Å². The van der Waals surface area contributed by atoms with Crippen molar-refractivity contribution in [3.8, 4) is 5.75 Å². The van der Waals surface area contributed by atoms with Crippen molar-refractivity contribution in [2.24, 2.45) is 4.99 Å². The summed E-state index contributed by atoms with van der Waals surface area (Å²) in [5.74, 6) is 1.19. The van der Waals surface area contributed by atoms with Crippen LogP contribution < -0.4 is 21.3 Å². The standard InChI is InChI=1S/C15H17N5O2/c1-15(2)10(8-22-9-6-4-3-5-7-9)17-11-12(20-15)18-14(16)19-13(11)21/h3-7H,8H2,1-2H3,(H4,16,18,19,20,21). The zero-order valence-corrected chi connectivity index (χ0v) is 12.4. The molecular weight excluding hydrogens is 282 g/mol. The summed E-state index contributed by atoms with van der Waals surface area (Å²) in [6.45, 7) is 4.16. The second kappa shape index (κ2) is 5.18. The van der Waals surface area contributed by atoms with E-state index < -0.39 is 5.54 Å². The zero-order chi connectivity index (χ0) is 15.7. The molecule has 1 aromatic carbocycles. The Morgan fingerprint density at radius 3 is 2.73 bits per heavy atom. The third-order valence-corrected chi connectivity index (χ3v) is 3.43. The largest absolute Gasteiger partial charge is 0.488 e. The summed E-state index contributed by atoms with van der Waals surface area (Å²) in [6, 6.07) is 9.45. The predicted octanol–water partition coefficient (Wildman–Crippen LogP) is 1.71. The summed E-state index contributed by atoms with van der Waals surface area (Å²) < 4.78 is 5.73. The van der Waals surface area contributed by atoms with Crippen molar-refractivity contribution in [1.29, 1.82) is 0 Å². The number of aromatic amines is 1. The highest BCUT2D eigenvalue weighted by atomic mass is 16.5. The summed E-state index contributed by atoms with van der Waals surface area (Å²) in [7, 11) is 0. The Morgan fingerprint density at radius 1 is 1.27 bits per heavy atom. The lowest BCUT2D eigenvalue weighted by molar-refractivity contribution is 0.369. The lowest BCUT2D eigenvalue weighted by Crippen LogP contribution is -2.46. The van der Waals surface area contributed by atoms with Gasteiger partial charge in [0.1, 0.15) is 12.4 Å². The van der Waals surface area contributed by atoms with E-state index in [0.717, 1.165) is 5.75 Å². The molecular formula is C15H17N5O2. The van der Waals surface area contributed by atoms with Crippen LogP contribution in [-0.4, -0.2) is 27.8 Å². The maximum absolute atomic E-state index is 12.0. The normalized spacial score (nSPS) is 15.5. The molecule has 0 unspecified atom stereocenters. The molecule has 0 atom stereocenters. The van der Waals surface area contributed by atoms with Crippen molar-refractivity contribution in [3.05, 3.63) is 40.7 Å². The number of benzene rings is 1. The number of aromatic nitrogens is 2. The van der Waals surface area contributed by atoms with Crippen LogP contribution in [0.1, 0.15) is 13.8 Å². The van der Waals surface area contributed by atoms with E-state index in [1.165, 1.54) is 0 Å². The van der Waals surface area contributed by atoms with Gasteiger partial charge in [-0.15, -0.1) is 0 Å². The van der Waals surface area contributed by atoms with E-state index in [2.05, 4.69) is 20.3 Å². The van der Waals surface area contributed by atoms with Crippen LogP contribution in [0.2, 0.25) is 0 Å². The number of nitrogens with one attached hydrogen (secondary N) is 2. The number of fused-ring (bicyclic) bond motifs is 1. The van der Waals surface area contributed by atoms with Gasteiger partial charge in [-0.1, -0.05) is 18.2 Å². The molecule has 4 N–H and O–H groups in total. The third kappa shape index (κ3) is 2.65. The van der Waals surface area contributed by atoms with E-state index in [1.54, 1.807) is 0 Å². The van der Waals surface area contributed by atoms with E-state index in [9.17, 15) is 4.79 Å². The summed E-state index contributed by atoms with van der Waals surface area (Å²) in [4.78, 5) is 22.9. The third-order valence-electron chi connectivity index (χ3n) is 3.43. The number of hydrogen-bond acceptors (Lipinski definition) is 6. The van der Waals surface area contributed by atoms with Crippen molar-refractivity contribution >= 4 is 23.2 Å². The Hall–Kier alpha value is -2.83. The van der Waals surface area contributed by atoms with Crippen LogP contribution in [-0.2, 0) is 0 Å². The highest BCUT2D eigenvalue weighted by molar-refractivity contribution is 6.01. The molecule has 0 saturated carbocycles. The molecule has 114 valence electrons. The average Bonchev–Trinajstić information content (AvgIpc) is 2.45. The SMILES string of the molecule is CC1(C)Nc2nc(N)[nH]c(=O)c2N=C1COc1ccccc1. The second-order valence-corrected chi connectivity index (χ2v) is 5.56. The molecule has 1 aromatic heterocycles. The fourth-order valence-corrected chi connectivity index (χ4v) is 2.20. The second-order valence-electron chi connectivity index (χ2n) is 5.56. The smallest absolute Gasteiger partial charge is 0.280 e. The van der Waals surface area contributed by atoms with Crippen LogP contribution in [0.4, 0.5) is 17.5 Å². The zero-order valence-electron chi connectivity index (χ0n) is 12.4. The minimum absolute atomic E-state index is 0.0613. The predicted molar refractivity (Wildman–Crippen MR) is 86.0 cm³/mol. The molecule has 0 fully saturated rings. The van der Waals surface area contributed by atoms with Crippen LogP contribution in [0.25, 0.3) is 0 Å². The topological polar surface area (TPSA) is 105 Å². The number of aliphatic imine (C=N–C) groups is 1. The van der Waals surface area contributed by atoms with E-state index in [4.69, 9.17) is 10.5 Å². The van der Waals surface area contributed by atoms with Crippen molar-refractivity contribution in [2.75, 3.05) is 17.7 Å². The van der Waals surface area contributed by atoms with Crippen molar-refractivity contribution in [1.82, 2.24) is 9.97 Å². The number of nitrogens with zero attached hydrogens (tertiary/aromatic N) is 2. The number of H-pyrrole nitrogens is 1. The highest BCUT2D eigenvalue weighted by Crippen LogP contribution is 2.29. The maximum atomic E-state index is 12.0. The number of nitrogens with two attached hydrogens (primary N) is 1. The van der Waals surface area contributed by atoms with E-state index in [-0.39, 0.29) is 23.8 Å². The summed E-state index contributed by atoms with van der Waals surface area (Å²) in [5, 5.41) is 3.18. The first-order valence-corrected chi connectivity index (χ1v) is 6.89. The lowest BCUT2D eigenvalue weighted by atomic mass is 9.96. The molecule has 2 aromatic rings. The molecule has 3 rings (SSSR count). The minimum Gasteiger partial charge on any atom is -0.488 e. The number of para-hydroxylation sites is 1. The fraction of sp³-hybridized carbons (Fsp3) is 0.267. The van der Waals surface area contributed by atoms with Gasteiger partial charge in [0.05, 0.1) is 11.3 Å². The Balaban J connectivity index is 1.92. The molecule has 7 heteroatoms. The van der Waals surface area contributed by atoms with Crippen LogP contribution in [0.15, 0.2) is 40.1 Å². The van der Waals surface area contributed by atoms with Gasteiger partial charge in [-0.3, -0.25) is 9.78 Å². The molecule has 7 nitrogen and oxygen atoms in total. The van der Waals surface area contributed by atoms with Gasteiger partial charge in [0.25, 0.3) is 5.56 Å². The van der Waals surface area contributed by atoms with Gasteiger partial charge in [0, 0.05) is 0 Å². The highest BCUT2D eigenvalue weighted by Gasteiger charge is 2.32. The summed E-state index contributed by atoms with van der Waals surface area (Å²) in [5.41, 5.74) is 5.63. The first-order valence-electron chi connectivity index (χ1n) is 6.89. The molecule has 1 aliphatic heterocycles. The van der Waals surface area contributed by atoms with Gasteiger partial charge < -0.3 is 15.8 Å². The molecule has 0 aliphatic carbocycles. The number of nitrogen functional groups attached to an aromatic ring is 1. The molecule has 1 aliphatic rings. The van der Waals surface area contributed by atoms with Gasteiger partial charge >= 0.3 is 0 Å². The molecule has 0 amide bonds. The average molecular weight is 299 g/mol. The number of hydrogen-bond donors (Lipinski definition) is 3. The number of rotatable bonds is 3. The van der Waals surface area contributed by atoms with Crippen molar-refractivity contribution in [2.45, 2.75) is 19.4 Å². The lowest BCUT2D eigenvalue weighted by Gasteiger charge is -2.32. The molecule has 2 heterocycles. The van der Waals surface area contributed by atoms with Crippen molar-refractivity contribution < 1.29 is 4.74 Å². The number of ether oxygens (including phenoxy) is 1. The van der Waals surface area contributed by atoms with E-state index in [1.807, 2.05) is 44.2 Å². The Kier molecular flexibility index (Phi) is 3.32. The Bertz CT molecular complexity index is 780. The summed E-state index contributed by atoms with van der Waals surface area (Å²) in [6.07, 6.45) is 0. The monoisotopic (exact) mass is 299 g/mol. The van der Waals surface area contributed by atoms with Gasteiger partial charge in [-0.05, 0) is 26.0 Å². The van der Waals surface area contributed by atoms with Crippen LogP contribution in [0.3, 0.4) is 0 Å². The van der Waals surface area contributed by atoms with E-state index in [0.29, 0.717) is 11.5 Å². The fourth-order valence-electron chi connectivity index (χ4n) is 2.20. The van der Waals surface area contributed by atoms with Crippen LogP contribution >= 0.6 is 0 Å². The summed E-state index contributed by atoms with van der Waals surface area (Å²) >= 11 is 0. The minimum atomic E-state index is -0.491. The first kappa shape index (κ1) is 14.1. The van der Waals surface area contributed by atoms with E-state index >= 15 is 0 Å². The first-order chi connectivity index (χ1) is 10.5. The van der Waals surface area contributed by atoms with Crippen molar-refractivity contribution in [3.63, 3.8) is 0 Å². The van der Waals surface area contributed by atoms with Gasteiger partial charge in [0.2, 0.25) is 5.95 Å². The van der Waals surface area contributed by atoms with Crippen LogP contribution in [0, 0.1) is 0 Å². The molecule has 0 spiro atoms. The quantitative estimate of drug-likeness (QED) is 0.800. The molecule has 0 radical (unpaired) electrons. The Labute approximate surface area is 127 Å². The number of anilines is 2.